The fourth-order valence-electron chi connectivity index (χ4n) is 2.54. The molecule has 0 aliphatic carbocycles. The lowest BCUT2D eigenvalue weighted by molar-refractivity contribution is -0.123. The van der Waals surface area contributed by atoms with Gasteiger partial charge in [0.05, 0.1) is 14.2 Å². The lowest BCUT2D eigenvalue weighted by atomic mass is 9.96. The number of ether oxygens (including phenoxy) is 2. The van der Waals surface area contributed by atoms with Crippen LogP contribution in [-0.2, 0) is 4.79 Å². The summed E-state index contributed by atoms with van der Waals surface area (Å²) in [5.74, 6) is 0.536. The van der Waals surface area contributed by atoms with Gasteiger partial charge in [0.1, 0.15) is 16.0 Å². The second-order valence-corrected chi connectivity index (χ2v) is 5.96. The molecule has 1 aliphatic rings. The van der Waals surface area contributed by atoms with Crippen molar-refractivity contribution >= 4 is 27.7 Å². The molecule has 7 heteroatoms. The van der Waals surface area contributed by atoms with Crippen molar-refractivity contribution in [2.75, 3.05) is 27.3 Å². The Morgan fingerprint density at radius 1 is 1.18 bits per heavy atom. The largest absolute Gasteiger partial charge is 0.495 e. The fraction of sp³-hybridized carbons (Fsp3) is 0.467. The van der Waals surface area contributed by atoms with Crippen LogP contribution in [0.15, 0.2) is 16.6 Å². The van der Waals surface area contributed by atoms with Gasteiger partial charge in [-0.3, -0.25) is 9.59 Å². The molecule has 6 nitrogen and oxygen atoms in total. The normalized spacial score (nSPS) is 15.5. The number of carbonyl (C=O) groups is 2. The number of likely N-dealkylation sites (tertiary alicyclic amines) is 1. The summed E-state index contributed by atoms with van der Waals surface area (Å²) in [6, 6.07) is 3.35. The van der Waals surface area contributed by atoms with Crippen molar-refractivity contribution in [1.29, 1.82) is 0 Å². The zero-order chi connectivity index (χ0) is 16.3. The van der Waals surface area contributed by atoms with Crippen LogP contribution in [0.4, 0.5) is 0 Å². The van der Waals surface area contributed by atoms with E-state index in [9.17, 15) is 9.59 Å². The van der Waals surface area contributed by atoms with Crippen molar-refractivity contribution in [2.24, 2.45) is 11.7 Å². The Kier molecular flexibility index (Phi) is 5.28. The summed E-state index contributed by atoms with van der Waals surface area (Å²) in [6.07, 6.45) is 1.21. The van der Waals surface area contributed by atoms with Crippen molar-refractivity contribution < 1.29 is 19.1 Å². The molecule has 1 saturated heterocycles. The Hall–Kier alpha value is -1.76. The molecule has 1 fully saturated rings. The number of rotatable bonds is 4. The summed E-state index contributed by atoms with van der Waals surface area (Å²) in [6.45, 7) is 1.04. The van der Waals surface area contributed by atoms with Crippen molar-refractivity contribution in [1.82, 2.24) is 4.90 Å². The van der Waals surface area contributed by atoms with Crippen LogP contribution in [0.5, 0.6) is 11.5 Å². The minimum Gasteiger partial charge on any atom is -0.495 e. The second kappa shape index (κ2) is 7.00. The number of benzene rings is 1. The summed E-state index contributed by atoms with van der Waals surface area (Å²) < 4.78 is 11.2. The lowest BCUT2D eigenvalue weighted by Gasteiger charge is -2.30. The van der Waals surface area contributed by atoms with Crippen LogP contribution in [-0.4, -0.2) is 44.0 Å². The molecule has 0 spiro atoms. The highest BCUT2D eigenvalue weighted by molar-refractivity contribution is 9.10. The molecule has 0 bridgehead atoms. The van der Waals surface area contributed by atoms with E-state index in [0.717, 1.165) is 0 Å². The number of carbonyl (C=O) groups excluding carboxylic acids is 2. The molecule has 0 aromatic heterocycles. The second-order valence-electron chi connectivity index (χ2n) is 5.16. The van der Waals surface area contributed by atoms with Gasteiger partial charge in [-0.1, -0.05) is 0 Å². The molecular formula is C15H19BrN2O4. The molecule has 1 aliphatic heterocycles. The smallest absolute Gasteiger partial charge is 0.254 e. The number of amides is 2. The van der Waals surface area contributed by atoms with Gasteiger partial charge >= 0.3 is 0 Å². The minimum atomic E-state index is -0.293. The molecule has 2 amide bonds. The molecule has 0 unspecified atom stereocenters. The van der Waals surface area contributed by atoms with E-state index in [0.29, 0.717) is 47.5 Å². The zero-order valence-corrected chi connectivity index (χ0v) is 14.2. The molecule has 1 aromatic carbocycles. The van der Waals surface area contributed by atoms with Crippen LogP contribution in [0.1, 0.15) is 23.2 Å². The third kappa shape index (κ3) is 3.35. The maximum Gasteiger partial charge on any atom is 0.254 e. The van der Waals surface area contributed by atoms with Crippen LogP contribution in [0, 0.1) is 5.92 Å². The molecule has 1 heterocycles. The van der Waals surface area contributed by atoms with Gasteiger partial charge in [0, 0.05) is 24.6 Å². The predicted molar refractivity (Wildman–Crippen MR) is 85.1 cm³/mol. The van der Waals surface area contributed by atoms with Gasteiger partial charge in [0.25, 0.3) is 5.91 Å². The van der Waals surface area contributed by atoms with Gasteiger partial charge in [0.15, 0.2) is 0 Å². The van der Waals surface area contributed by atoms with E-state index in [1.165, 1.54) is 14.2 Å². The first-order valence-electron chi connectivity index (χ1n) is 6.98. The first kappa shape index (κ1) is 16.6. The first-order chi connectivity index (χ1) is 10.5. The summed E-state index contributed by atoms with van der Waals surface area (Å²) in [5, 5.41) is 0. The number of methoxy groups -OCH3 is 2. The average molecular weight is 371 g/mol. The fourth-order valence-corrected chi connectivity index (χ4v) is 3.10. The topological polar surface area (TPSA) is 81.9 Å². The summed E-state index contributed by atoms with van der Waals surface area (Å²) >= 11 is 3.38. The standard InChI is InChI=1S/C15H19BrN2O4/c1-21-11-7-10(8-12(22-2)13(11)16)15(20)18-5-3-9(4-6-18)14(17)19/h7-9H,3-6H2,1-2H3,(H2,17,19). The highest BCUT2D eigenvalue weighted by Crippen LogP contribution is 2.36. The van der Waals surface area contributed by atoms with E-state index < -0.39 is 0 Å². The van der Waals surface area contributed by atoms with E-state index in [1.807, 2.05) is 0 Å². The van der Waals surface area contributed by atoms with Gasteiger partial charge in [0.2, 0.25) is 5.91 Å². The third-order valence-corrected chi connectivity index (χ3v) is 4.66. The van der Waals surface area contributed by atoms with Gasteiger partial charge in [-0.15, -0.1) is 0 Å². The first-order valence-corrected chi connectivity index (χ1v) is 7.77. The molecule has 0 atom stereocenters. The summed E-state index contributed by atoms with van der Waals surface area (Å²) in [7, 11) is 3.07. The number of piperidine rings is 1. The maximum absolute atomic E-state index is 12.6. The lowest BCUT2D eigenvalue weighted by Crippen LogP contribution is -2.41. The van der Waals surface area contributed by atoms with Crippen LogP contribution in [0.25, 0.3) is 0 Å². The van der Waals surface area contributed by atoms with E-state index in [1.54, 1.807) is 17.0 Å². The Morgan fingerprint density at radius 3 is 2.09 bits per heavy atom. The summed E-state index contributed by atoms with van der Waals surface area (Å²) in [4.78, 5) is 25.5. The Labute approximate surface area is 137 Å². The average Bonchev–Trinajstić information content (AvgIpc) is 2.54. The number of halogens is 1. The number of nitrogens with two attached hydrogens (primary N) is 1. The van der Waals surface area contributed by atoms with Crippen LogP contribution in [0.3, 0.4) is 0 Å². The highest BCUT2D eigenvalue weighted by atomic mass is 79.9. The van der Waals surface area contributed by atoms with Crippen molar-refractivity contribution in [3.05, 3.63) is 22.2 Å². The number of primary amides is 1. The van der Waals surface area contributed by atoms with E-state index in [2.05, 4.69) is 15.9 Å². The quantitative estimate of drug-likeness (QED) is 0.875. The number of hydrogen-bond acceptors (Lipinski definition) is 4. The van der Waals surface area contributed by atoms with E-state index in [-0.39, 0.29) is 17.7 Å². The molecule has 2 N–H and O–H groups in total. The van der Waals surface area contributed by atoms with Crippen molar-refractivity contribution in [3.8, 4) is 11.5 Å². The molecular weight excluding hydrogens is 352 g/mol. The van der Waals surface area contributed by atoms with Crippen molar-refractivity contribution in [2.45, 2.75) is 12.8 Å². The third-order valence-electron chi connectivity index (χ3n) is 3.88. The van der Waals surface area contributed by atoms with Gasteiger partial charge in [-0.25, -0.2) is 0 Å². The van der Waals surface area contributed by atoms with E-state index >= 15 is 0 Å². The summed E-state index contributed by atoms with van der Waals surface area (Å²) in [5.41, 5.74) is 5.81. The van der Waals surface area contributed by atoms with Crippen molar-refractivity contribution in [3.63, 3.8) is 0 Å². The molecule has 120 valence electrons. The monoisotopic (exact) mass is 370 g/mol. The SMILES string of the molecule is COc1cc(C(=O)N2CCC(C(N)=O)CC2)cc(OC)c1Br. The van der Waals surface area contributed by atoms with Gasteiger partial charge < -0.3 is 20.1 Å². The molecule has 22 heavy (non-hydrogen) atoms. The number of nitrogens with zero attached hydrogens (tertiary/aromatic N) is 1. The Balaban J connectivity index is 2.18. The highest BCUT2D eigenvalue weighted by Gasteiger charge is 2.27. The molecule has 2 rings (SSSR count). The zero-order valence-electron chi connectivity index (χ0n) is 12.6. The predicted octanol–water partition coefficient (Wildman–Crippen LogP) is 1.80. The van der Waals surface area contributed by atoms with Crippen LogP contribution < -0.4 is 15.2 Å². The molecule has 1 aromatic rings. The van der Waals surface area contributed by atoms with E-state index in [4.69, 9.17) is 15.2 Å². The molecule has 0 radical (unpaired) electrons. The van der Waals surface area contributed by atoms with Gasteiger partial charge in [-0.05, 0) is 40.9 Å². The number of hydrogen-bond donors (Lipinski definition) is 1. The van der Waals surface area contributed by atoms with Crippen LogP contribution in [0.2, 0.25) is 0 Å². The molecule has 0 saturated carbocycles. The Morgan fingerprint density at radius 2 is 1.68 bits per heavy atom. The van der Waals surface area contributed by atoms with Gasteiger partial charge in [-0.2, -0.15) is 0 Å². The minimum absolute atomic E-state index is 0.105. The maximum atomic E-state index is 12.6. The van der Waals surface area contributed by atoms with Crippen LogP contribution >= 0.6 is 15.9 Å². The Bertz CT molecular complexity index is 558.